The number of aliphatic hydroxyl groups excluding tert-OH is 1. The van der Waals surface area contributed by atoms with Gasteiger partial charge < -0.3 is 9.90 Å². The summed E-state index contributed by atoms with van der Waals surface area (Å²) >= 11 is 0. The smallest absolute Gasteiger partial charge is 0.140 e. The van der Waals surface area contributed by atoms with Crippen molar-refractivity contribution in [1.82, 2.24) is 10.9 Å². The van der Waals surface area contributed by atoms with E-state index in [4.69, 9.17) is 5.11 Å². The van der Waals surface area contributed by atoms with Gasteiger partial charge >= 0.3 is 0 Å². The molecular formula is C5H12N2O2. The van der Waals surface area contributed by atoms with Gasteiger partial charge in [-0.25, -0.2) is 5.43 Å². The first kappa shape index (κ1) is 8.55. The van der Waals surface area contributed by atoms with Crippen molar-refractivity contribution in [3.05, 3.63) is 0 Å². The third kappa shape index (κ3) is 3.18. The van der Waals surface area contributed by atoms with Gasteiger partial charge in [0.2, 0.25) is 0 Å². The Labute approximate surface area is 54.2 Å². The minimum absolute atomic E-state index is 0.519. The highest BCUT2D eigenvalue weighted by molar-refractivity contribution is 5.58. The highest BCUT2D eigenvalue weighted by Gasteiger charge is 2.10. The fraction of sp³-hybridized carbons (Fsp3) is 0.800. The van der Waals surface area contributed by atoms with Gasteiger partial charge in [0, 0.05) is 0 Å². The monoisotopic (exact) mass is 132 g/mol. The molecule has 0 rings (SSSR count). The van der Waals surface area contributed by atoms with Crippen LogP contribution in [0.1, 0.15) is 6.92 Å². The van der Waals surface area contributed by atoms with Crippen LogP contribution in [0.2, 0.25) is 0 Å². The molecule has 0 aromatic heterocycles. The number of carbonyl (C=O) groups excluding carboxylic acids is 1. The second-order valence-electron chi connectivity index (χ2n) is 1.80. The molecule has 0 bridgehead atoms. The number of carbonyl (C=O) groups is 1. The van der Waals surface area contributed by atoms with Gasteiger partial charge in [0.1, 0.15) is 12.3 Å². The van der Waals surface area contributed by atoms with Crippen molar-refractivity contribution in [1.29, 1.82) is 0 Å². The Bertz CT molecular complexity index is 85.0. The van der Waals surface area contributed by atoms with Gasteiger partial charge in [-0.1, -0.05) is 0 Å². The molecule has 0 spiro atoms. The Morgan fingerprint density at radius 2 is 2.22 bits per heavy atom. The third-order valence-electron chi connectivity index (χ3n) is 0.977. The van der Waals surface area contributed by atoms with Crippen LogP contribution < -0.4 is 10.9 Å². The minimum atomic E-state index is -0.657. The van der Waals surface area contributed by atoms with Crippen LogP contribution in [-0.2, 0) is 4.79 Å². The summed E-state index contributed by atoms with van der Waals surface area (Å²) in [5, 5.41) is 8.81. The predicted octanol–water partition coefficient (Wildman–Crippen LogP) is -1.34. The first-order valence-electron chi connectivity index (χ1n) is 2.78. The first-order chi connectivity index (χ1) is 4.22. The zero-order valence-electron chi connectivity index (χ0n) is 5.59. The van der Waals surface area contributed by atoms with Crippen LogP contribution in [0.5, 0.6) is 0 Å². The number of aliphatic hydroxyl groups is 1. The second-order valence-corrected chi connectivity index (χ2v) is 1.80. The predicted molar refractivity (Wildman–Crippen MR) is 33.7 cm³/mol. The van der Waals surface area contributed by atoms with Crippen LogP contribution in [0.4, 0.5) is 0 Å². The molecule has 9 heavy (non-hydrogen) atoms. The molecule has 0 aromatic rings. The summed E-state index contributed by atoms with van der Waals surface area (Å²) in [6.45, 7) is 1.55. The summed E-state index contributed by atoms with van der Waals surface area (Å²) in [6.07, 6.45) is -0.00352. The van der Waals surface area contributed by atoms with Crippen LogP contribution in [0.3, 0.4) is 0 Å². The zero-order valence-corrected chi connectivity index (χ0v) is 5.59. The number of rotatable bonds is 4. The maximum absolute atomic E-state index is 10.1. The average molecular weight is 132 g/mol. The summed E-state index contributed by atoms with van der Waals surface area (Å²) in [7, 11) is 1.64. The van der Waals surface area contributed by atoms with Crippen molar-refractivity contribution in [2.75, 3.05) is 7.05 Å². The summed E-state index contributed by atoms with van der Waals surface area (Å²) in [5.41, 5.74) is 5.12. The van der Waals surface area contributed by atoms with Crippen LogP contribution in [0.15, 0.2) is 0 Å². The van der Waals surface area contributed by atoms with Gasteiger partial charge in [0.25, 0.3) is 0 Å². The molecule has 0 aliphatic heterocycles. The largest absolute Gasteiger partial charge is 0.391 e. The molecule has 0 aliphatic rings. The van der Waals surface area contributed by atoms with Crippen molar-refractivity contribution < 1.29 is 9.90 Å². The minimum Gasteiger partial charge on any atom is -0.391 e. The van der Waals surface area contributed by atoms with Crippen molar-refractivity contribution in [3.63, 3.8) is 0 Å². The fourth-order valence-corrected chi connectivity index (χ4v) is 0.435. The van der Waals surface area contributed by atoms with E-state index in [1.807, 2.05) is 0 Å². The standard InChI is InChI=1S/C5H12N2O2/c1-4(9)5(3-8)7-6-2/h3-7,9H,1-2H3/t4-,5-/m1/s1. The van der Waals surface area contributed by atoms with Crippen LogP contribution in [0, 0.1) is 0 Å². The van der Waals surface area contributed by atoms with Crippen LogP contribution >= 0.6 is 0 Å². The topological polar surface area (TPSA) is 61.4 Å². The molecular weight excluding hydrogens is 120 g/mol. The van der Waals surface area contributed by atoms with Gasteiger partial charge in [0.05, 0.1) is 6.10 Å². The average Bonchev–Trinajstić information content (AvgIpc) is 1.82. The van der Waals surface area contributed by atoms with Crippen molar-refractivity contribution in [2.24, 2.45) is 0 Å². The maximum Gasteiger partial charge on any atom is 0.140 e. The normalized spacial score (nSPS) is 16.8. The highest BCUT2D eigenvalue weighted by Crippen LogP contribution is 1.84. The molecule has 0 aliphatic carbocycles. The SMILES string of the molecule is CNN[C@H](C=O)[C@@H](C)O. The van der Waals surface area contributed by atoms with Gasteiger partial charge in [-0.3, -0.25) is 5.43 Å². The Balaban J connectivity index is 3.54. The number of hydrogen-bond donors (Lipinski definition) is 3. The van der Waals surface area contributed by atoms with E-state index in [-0.39, 0.29) is 0 Å². The number of aldehydes is 1. The lowest BCUT2D eigenvalue weighted by atomic mass is 10.2. The Morgan fingerprint density at radius 1 is 1.67 bits per heavy atom. The summed E-state index contributed by atoms with van der Waals surface area (Å²) < 4.78 is 0. The third-order valence-corrected chi connectivity index (χ3v) is 0.977. The van der Waals surface area contributed by atoms with Crippen LogP contribution in [-0.4, -0.2) is 30.6 Å². The molecule has 0 aromatic carbocycles. The molecule has 0 saturated carbocycles. The van der Waals surface area contributed by atoms with Gasteiger partial charge in [-0.2, -0.15) is 0 Å². The molecule has 3 N–H and O–H groups in total. The van der Waals surface area contributed by atoms with Crippen LogP contribution in [0.25, 0.3) is 0 Å². The van der Waals surface area contributed by atoms with Crippen molar-refractivity contribution in [2.45, 2.75) is 19.1 Å². The Morgan fingerprint density at radius 3 is 2.33 bits per heavy atom. The number of hydrazine groups is 1. The quantitative estimate of drug-likeness (QED) is 0.327. The van der Waals surface area contributed by atoms with E-state index in [2.05, 4.69) is 10.9 Å². The molecule has 4 nitrogen and oxygen atoms in total. The van der Waals surface area contributed by atoms with E-state index in [0.717, 1.165) is 0 Å². The summed E-state index contributed by atoms with van der Waals surface area (Å²) in [5.74, 6) is 0. The lowest BCUT2D eigenvalue weighted by Gasteiger charge is -2.13. The first-order valence-corrected chi connectivity index (χ1v) is 2.78. The fourth-order valence-electron chi connectivity index (χ4n) is 0.435. The second kappa shape index (κ2) is 4.43. The van der Waals surface area contributed by atoms with Crippen molar-refractivity contribution in [3.8, 4) is 0 Å². The number of nitrogens with one attached hydrogen (secondary N) is 2. The lowest BCUT2D eigenvalue weighted by Crippen LogP contribution is -2.45. The molecule has 0 radical (unpaired) electrons. The molecule has 2 atom stereocenters. The Hall–Kier alpha value is -0.450. The molecule has 54 valence electrons. The Kier molecular flexibility index (Phi) is 4.21. The molecule has 0 fully saturated rings. The molecule has 4 heteroatoms. The van der Waals surface area contributed by atoms with Gasteiger partial charge in [0.15, 0.2) is 0 Å². The lowest BCUT2D eigenvalue weighted by molar-refractivity contribution is -0.111. The van der Waals surface area contributed by atoms with E-state index in [1.54, 1.807) is 14.0 Å². The summed E-state index contributed by atoms with van der Waals surface area (Å²) in [6, 6.07) is -0.519. The van der Waals surface area contributed by atoms with E-state index < -0.39 is 12.1 Å². The van der Waals surface area contributed by atoms with E-state index >= 15 is 0 Å². The zero-order chi connectivity index (χ0) is 7.28. The molecule has 0 amide bonds. The molecule has 0 saturated heterocycles. The van der Waals surface area contributed by atoms with E-state index in [0.29, 0.717) is 6.29 Å². The van der Waals surface area contributed by atoms with E-state index in [9.17, 15) is 4.79 Å². The van der Waals surface area contributed by atoms with Gasteiger partial charge in [-0.15, -0.1) is 0 Å². The maximum atomic E-state index is 10.1. The summed E-state index contributed by atoms with van der Waals surface area (Å²) in [4.78, 5) is 10.1. The van der Waals surface area contributed by atoms with Crippen molar-refractivity contribution >= 4 is 6.29 Å². The number of hydrogen-bond acceptors (Lipinski definition) is 4. The molecule has 0 heterocycles. The highest BCUT2D eigenvalue weighted by atomic mass is 16.3. The molecule has 0 unspecified atom stereocenters. The van der Waals surface area contributed by atoms with Gasteiger partial charge in [-0.05, 0) is 14.0 Å². The van der Waals surface area contributed by atoms with E-state index in [1.165, 1.54) is 0 Å².